The minimum absolute atomic E-state index is 0.00100. The van der Waals surface area contributed by atoms with Crippen LogP contribution in [0.1, 0.15) is 49.8 Å². The third-order valence-electron chi connectivity index (χ3n) is 3.38. The first-order chi connectivity index (χ1) is 9.04. The van der Waals surface area contributed by atoms with Gasteiger partial charge in [-0.2, -0.15) is 0 Å². The fourth-order valence-electron chi connectivity index (χ4n) is 2.42. The van der Waals surface area contributed by atoms with E-state index >= 15 is 0 Å². The maximum Gasteiger partial charge on any atom is 0.310 e. The van der Waals surface area contributed by atoms with E-state index in [-0.39, 0.29) is 18.1 Å². The van der Waals surface area contributed by atoms with Crippen molar-refractivity contribution in [2.24, 2.45) is 0 Å². The van der Waals surface area contributed by atoms with Crippen LogP contribution >= 0.6 is 0 Å². The van der Waals surface area contributed by atoms with E-state index in [1.165, 1.54) is 6.07 Å². The molecule has 0 aromatic heterocycles. The van der Waals surface area contributed by atoms with Crippen molar-refractivity contribution in [2.45, 2.75) is 45.1 Å². The molecular formula is C14H18O5. The molecule has 5 heteroatoms. The molecular weight excluding hydrogens is 248 g/mol. The second kappa shape index (κ2) is 5.38. The van der Waals surface area contributed by atoms with Crippen molar-refractivity contribution < 1.29 is 24.9 Å². The number of rotatable bonds is 4. The van der Waals surface area contributed by atoms with E-state index in [1.807, 2.05) is 0 Å². The molecule has 0 saturated heterocycles. The van der Waals surface area contributed by atoms with Crippen LogP contribution in [0.15, 0.2) is 6.07 Å². The number of carbonyl (C=O) groups is 1. The third-order valence-corrected chi connectivity index (χ3v) is 3.38. The number of benzene rings is 1. The summed E-state index contributed by atoms with van der Waals surface area (Å²) in [4.78, 5) is 11.5. The lowest BCUT2D eigenvalue weighted by molar-refractivity contribution is -0.150. The van der Waals surface area contributed by atoms with Crippen molar-refractivity contribution in [1.82, 2.24) is 0 Å². The monoisotopic (exact) mass is 266 g/mol. The average molecular weight is 266 g/mol. The summed E-state index contributed by atoms with van der Waals surface area (Å²) in [5, 5.41) is 29.0. The van der Waals surface area contributed by atoms with Gasteiger partial charge in [0, 0.05) is 5.56 Å². The Morgan fingerprint density at radius 2 is 2.00 bits per heavy atom. The van der Waals surface area contributed by atoms with Gasteiger partial charge in [0.2, 0.25) is 5.75 Å². The van der Waals surface area contributed by atoms with Crippen molar-refractivity contribution in [2.75, 3.05) is 0 Å². The number of hydrogen-bond acceptors (Lipinski definition) is 5. The van der Waals surface area contributed by atoms with E-state index in [9.17, 15) is 20.1 Å². The minimum atomic E-state index is -0.558. The molecule has 0 aliphatic carbocycles. The fraction of sp³-hybridized carbons (Fsp3) is 0.500. The molecule has 3 N–H and O–H groups in total. The number of cyclic esters (lactones) is 1. The van der Waals surface area contributed by atoms with E-state index in [0.717, 1.165) is 19.3 Å². The van der Waals surface area contributed by atoms with Gasteiger partial charge in [0.15, 0.2) is 11.5 Å². The average Bonchev–Trinajstić information content (AvgIpc) is 2.35. The SMILES string of the molecule is CCCCCC1OC(=O)Cc2cc(O)c(O)c(O)c21. The van der Waals surface area contributed by atoms with E-state index in [4.69, 9.17) is 4.74 Å². The molecule has 5 nitrogen and oxygen atoms in total. The fourth-order valence-corrected chi connectivity index (χ4v) is 2.42. The quantitative estimate of drug-likeness (QED) is 0.443. The molecule has 19 heavy (non-hydrogen) atoms. The number of phenolic OH excluding ortho intramolecular Hbond substituents is 3. The number of unbranched alkanes of at least 4 members (excludes halogenated alkanes) is 2. The van der Waals surface area contributed by atoms with Gasteiger partial charge in [-0.1, -0.05) is 19.8 Å². The predicted molar refractivity (Wildman–Crippen MR) is 68.1 cm³/mol. The summed E-state index contributed by atoms with van der Waals surface area (Å²) in [6, 6.07) is 1.32. The second-order valence-corrected chi connectivity index (χ2v) is 4.82. The molecule has 1 aliphatic heterocycles. The Morgan fingerprint density at radius 1 is 1.26 bits per heavy atom. The minimum Gasteiger partial charge on any atom is -0.504 e. The Hall–Kier alpha value is -1.91. The number of carbonyl (C=O) groups excluding carboxylic acids is 1. The Balaban J connectivity index is 2.35. The summed E-state index contributed by atoms with van der Waals surface area (Å²) in [6.45, 7) is 2.07. The predicted octanol–water partition coefficient (Wildman–Crippen LogP) is 2.52. The molecule has 1 aromatic rings. The molecule has 0 radical (unpaired) electrons. The van der Waals surface area contributed by atoms with E-state index < -0.39 is 17.6 Å². The Morgan fingerprint density at radius 3 is 2.68 bits per heavy atom. The topological polar surface area (TPSA) is 87.0 Å². The van der Waals surface area contributed by atoms with Crippen LogP contribution in [0.2, 0.25) is 0 Å². The zero-order chi connectivity index (χ0) is 14.0. The first kappa shape index (κ1) is 13.5. The lowest BCUT2D eigenvalue weighted by Crippen LogP contribution is -2.21. The number of ether oxygens (including phenoxy) is 1. The molecule has 1 heterocycles. The van der Waals surface area contributed by atoms with Crippen molar-refractivity contribution in [3.8, 4) is 17.2 Å². The summed E-state index contributed by atoms with van der Waals surface area (Å²) >= 11 is 0. The van der Waals surface area contributed by atoms with Crippen LogP contribution in [0.25, 0.3) is 0 Å². The molecule has 104 valence electrons. The zero-order valence-electron chi connectivity index (χ0n) is 10.8. The largest absolute Gasteiger partial charge is 0.504 e. The smallest absolute Gasteiger partial charge is 0.310 e. The lowest BCUT2D eigenvalue weighted by atomic mass is 9.92. The van der Waals surface area contributed by atoms with Crippen molar-refractivity contribution in [3.05, 3.63) is 17.2 Å². The van der Waals surface area contributed by atoms with Crippen LogP contribution in [0.3, 0.4) is 0 Å². The zero-order valence-corrected chi connectivity index (χ0v) is 10.8. The van der Waals surface area contributed by atoms with Crippen molar-refractivity contribution in [1.29, 1.82) is 0 Å². The maximum absolute atomic E-state index is 11.5. The van der Waals surface area contributed by atoms with Crippen LogP contribution < -0.4 is 0 Å². The lowest BCUT2D eigenvalue weighted by Gasteiger charge is -2.27. The molecule has 2 rings (SSSR count). The van der Waals surface area contributed by atoms with Gasteiger partial charge in [0.25, 0.3) is 0 Å². The van der Waals surface area contributed by atoms with Crippen molar-refractivity contribution >= 4 is 5.97 Å². The van der Waals surface area contributed by atoms with Crippen LogP contribution in [-0.2, 0) is 16.0 Å². The highest BCUT2D eigenvalue weighted by Gasteiger charge is 2.31. The van der Waals surface area contributed by atoms with Crippen LogP contribution in [-0.4, -0.2) is 21.3 Å². The molecule has 1 atom stereocenters. The van der Waals surface area contributed by atoms with Gasteiger partial charge < -0.3 is 20.1 Å². The van der Waals surface area contributed by atoms with Gasteiger partial charge in [-0.15, -0.1) is 0 Å². The number of aromatic hydroxyl groups is 3. The van der Waals surface area contributed by atoms with Gasteiger partial charge in [-0.05, 0) is 24.5 Å². The number of hydrogen-bond donors (Lipinski definition) is 3. The van der Waals surface area contributed by atoms with E-state index in [2.05, 4.69) is 6.92 Å². The Labute approximate surface area is 111 Å². The molecule has 1 aliphatic rings. The van der Waals surface area contributed by atoms with Crippen LogP contribution in [0.5, 0.6) is 17.2 Å². The highest BCUT2D eigenvalue weighted by Crippen LogP contribution is 2.46. The number of phenols is 3. The summed E-state index contributed by atoms with van der Waals surface area (Å²) in [5.41, 5.74) is 0.941. The highest BCUT2D eigenvalue weighted by atomic mass is 16.5. The van der Waals surface area contributed by atoms with Crippen LogP contribution in [0, 0.1) is 0 Å². The summed E-state index contributed by atoms with van der Waals surface area (Å²) in [5.74, 6) is -1.74. The van der Waals surface area contributed by atoms with Gasteiger partial charge in [0.05, 0.1) is 6.42 Å². The molecule has 1 unspecified atom stereocenters. The molecule has 0 spiro atoms. The summed E-state index contributed by atoms with van der Waals surface area (Å²) < 4.78 is 5.24. The number of fused-ring (bicyclic) bond motifs is 1. The standard InChI is InChI=1S/C14H18O5/c1-2-3-4-5-10-12-8(7-11(16)19-10)6-9(15)13(17)14(12)18/h6,10,15,17-18H,2-5,7H2,1H3. The molecule has 0 amide bonds. The maximum atomic E-state index is 11.5. The highest BCUT2D eigenvalue weighted by molar-refractivity contribution is 5.77. The van der Waals surface area contributed by atoms with Crippen LogP contribution in [0.4, 0.5) is 0 Å². The van der Waals surface area contributed by atoms with Gasteiger partial charge in [-0.25, -0.2) is 0 Å². The third kappa shape index (κ3) is 2.59. The van der Waals surface area contributed by atoms with Gasteiger partial charge >= 0.3 is 5.97 Å². The van der Waals surface area contributed by atoms with Gasteiger partial charge in [-0.3, -0.25) is 4.79 Å². The Kier molecular flexibility index (Phi) is 3.83. The van der Waals surface area contributed by atoms with E-state index in [1.54, 1.807) is 0 Å². The summed E-state index contributed by atoms with van der Waals surface area (Å²) in [7, 11) is 0. The van der Waals surface area contributed by atoms with E-state index in [0.29, 0.717) is 17.5 Å². The molecule has 1 aromatic carbocycles. The Bertz CT molecular complexity index is 495. The van der Waals surface area contributed by atoms with Gasteiger partial charge in [0.1, 0.15) is 6.10 Å². The van der Waals surface area contributed by atoms with Crippen molar-refractivity contribution in [3.63, 3.8) is 0 Å². The normalized spacial score (nSPS) is 17.9. The molecule has 0 bridgehead atoms. The molecule has 0 fully saturated rings. The number of esters is 1. The first-order valence-electron chi connectivity index (χ1n) is 6.50. The summed E-state index contributed by atoms with van der Waals surface area (Å²) in [6.07, 6.45) is 2.98. The second-order valence-electron chi connectivity index (χ2n) is 4.82. The first-order valence-corrected chi connectivity index (χ1v) is 6.50. The molecule has 0 saturated carbocycles.